The first-order valence-electron chi connectivity index (χ1n) is 8.52. The van der Waals surface area contributed by atoms with Gasteiger partial charge in [0.25, 0.3) is 0 Å². The van der Waals surface area contributed by atoms with E-state index in [1.165, 1.54) is 0 Å². The predicted octanol–water partition coefficient (Wildman–Crippen LogP) is 4.51. The number of hydrogen-bond acceptors (Lipinski definition) is 4. The molecule has 2 aromatic carbocycles. The van der Waals surface area contributed by atoms with Crippen molar-refractivity contribution in [3.05, 3.63) is 52.0 Å². The maximum atomic E-state index is 12.5. The Bertz CT molecular complexity index is 799. The maximum Gasteiger partial charge on any atom is 0.241 e. The first-order valence-corrected chi connectivity index (χ1v) is 9.28. The van der Waals surface area contributed by atoms with Crippen molar-refractivity contribution in [3.63, 3.8) is 0 Å². The van der Waals surface area contributed by atoms with Crippen LogP contribution in [0.4, 0.5) is 5.69 Å². The van der Waals surface area contributed by atoms with Crippen LogP contribution in [-0.4, -0.2) is 44.7 Å². The lowest BCUT2D eigenvalue weighted by Crippen LogP contribution is -2.40. The van der Waals surface area contributed by atoms with Gasteiger partial charge in [-0.05, 0) is 56.3 Å². The summed E-state index contributed by atoms with van der Waals surface area (Å²) in [5.74, 6) is 1.24. The molecule has 0 saturated heterocycles. The third-order valence-electron chi connectivity index (χ3n) is 4.43. The van der Waals surface area contributed by atoms with Crippen molar-refractivity contribution in [2.24, 2.45) is 0 Å². The fourth-order valence-electron chi connectivity index (χ4n) is 2.57. The molecule has 0 saturated carbocycles. The number of anilines is 1. The third kappa shape index (κ3) is 5.76. The van der Waals surface area contributed by atoms with Gasteiger partial charge in [0.2, 0.25) is 5.91 Å². The molecule has 146 valence electrons. The molecule has 0 heterocycles. The first-order chi connectivity index (χ1) is 12.8. The van der Waals surface area contributed by atoms with Crippen LogP contribution in [-0.2, 0) is 11.2 Å². The van der Waals surface area contributed by atoms with Gasteiger partial charge in [-0.3, -0.25) is 9.69 Å². The average Bonchev–Trinajstić information content (AvgIpc) is 2.67. The van der Waals surface area contributed by atoms with Crippen LogP contribution in [0.3, 0.4) is 0 Å². The standard InChI is InChI=1S/C20H24Cl2N2O3/c1-13(20(25)23-17-12-15(21)6-7-16(17)22)24(2)10-9-14-5-8-18(26-3)19(11-14)27-4/h5-8,11-13H,9-10H2,1-4H3,(H,23,25)/t13-/m1/s1. The van der Waals surface area contributed by atoms with Crippen LogP contribution in [0.2, 0.25) is 10.0 Å². The number of likely N-dealkylation sites (N-methyl/N-ethyl adjacent to an activating group) is 1. The average molecular weight is 411 g/mol. The van der Waals surface area contributed by atoms with Gasteiger partial charge in [-0.15, -0.1) is 0 Å². The maximum absolute atomic E-state index is 12.5. The number of nitrogens with one attached hydrogen (secondary N) is 1. The molecule has 0 aromatic heterocycles. The number of ether oxygens (including phenoxy) is 2. The summed E-state index contributed by atoms with van der Waals surface area (Å²) in [5.41, 5.74) is 1.61. The van der Waals surface area contributed by atoms with Gasteiger partial charge in [0, 0.05) is 11.6 Å². The quantitative estimate of drug-likeness (QED) is 0.695. The summed E-state index contributed by atoms with van der Waals surface area (Å²) >= 11 is 12.1. The van der Waals surface area contributed by atoms with Gasteiger partial charge in [0.1, 0.15) is 0 Å². The van der Waals surface area contributed by atoms with E-state index in [4.69, 9.17) is 32.7 Å². The van der Waals surface area contributed by atoms with Crippen molar-refractivity contribution in [3.8, 4) is 11.5 Å². The second-order valence-electron chi connectivity index (χ2n) is 6.21. The molecule has 1 amide bonds. The summed E-state index contributed by atoms with van der Waals surface area (Å²) in [7, 11) is 5.13. The molecule has 5 nitrogen and oxygen atoms in total. The van der Waals surface area contributed by atoms with Crippen molar-refractivity contribution >= 4 is 34.8 Å². The minimum Gasteiger partial charge on any atom is -0.493 e. The highest BCUT2D eigenvalue weighted by molar-refractivity contribution is 6.35. The third-order valence-corrected chi connectivity index (χ3v) is 4.99. The van der Waals surface area contributed by atoms with Crippen molar-refractivity contribution in [2.45, 2.75) is 19.4 Å². The second-order valence-corrected chi connectivity index (χ2v) is 7.05. The largest absolute Gasteiger partial charge is 0.493 e. The predicted molar refractivity (Wildman–Crippen MR) is 110 cm³/mol. The molecule has 27 heavy (non-hydrogen) atoms. The number of amides is 1. The van der Waals surface area contributed by atoms with E-state index in [1.807, 2.05) is 37.1 Å². The van der Waals surface area contributed by atoms with E-state index in [0.29, 0.717) is 33.8 Å². The summed E-state index contributed by atoms with van der Waals surface area (Å²) in [4.78, 5) is 14.5. The molecular formula is C20H24Cl2N2O3. The summed E-state index contributed by atoms with van der Waals surface area (Å²) in [6, 6.07) is 10.5. The Balaban J connectivity index is 1.95. The Morgan fingerprint density at radius 2 is 1.81 bits per heavy atom. The van der Waals surface area contributed by atoms with Crippen LogP contribution >= 0.6 is 23.2 Å². The van der Waals surface area contributed by atoms with Crippen molar-refractivity contribution in [1.82, 2.24) is 4.90 Å². The van der Waals surface area contributed by atoms with Crippen LogP contribution in [0.5, 0.6) is 11.5 Å². The lowest BCUT2D eigenvalue weighted by Gasteiger charge is -2.24. The van der Waals surface area contributed by atoms with Crippen molar-refractivity contribution < 1.29 is 14.3 Å². The Kier molecular flexibility index (Phi) is 7.78. The van der Waals surface area contributed by atoms with Crippen molar-refractivity contribution in [1.29, 1.82) is 0 Å². The van der Waals surface area contributed by atoms with E-state index in [2.05, 4.69) is 5.32 Å². The number of hydrogen-bond donors (Lipinski definition) is 1. The van der Waals surface area contributed by atoms with Crippen LogP contribution in [0.15, 0.2) is 36.4 Å². The smallest absolute Gasteiger partial charge is 0.241 e. The highest BCUT2D eigenvalue weighted by Gasteiger charge is 2.19. The molecule has 2 rings (SSSR count). The molecule has 1 N–H and O–H groups in total. The van der Waals surface area contributed by atoms with E-state index in [9.17, 15) is 4.79 Å². The molecule has 0 radical (unpaired) electrons. The SMILES string of the molecule is COc1ccc(CCN(C)[C@H](C)C(=O)Nc2cc(Cl)ccc2Cl)cc1OC. The van der Waals surface area contributed by atoms with Gasteiger partial charge >= 0.3 is 0 Å². The molecule has 2 aromatic rings. The molecule has 1 atom stereocenters. The minimum absolute atomic E-state index is 0.144. The fraction of sp³-hybridized carbons (Fsp3) is 0.350. The second kappa shape index (κ2) is 9.83. The Morgan fingerprint density at radius 1 is 1.11 bits per heavy atom. The Hall–Kier alpha value is -1.95. The van der Waals surface area contributed by atoms with Gasteiger partial charge in [-0.1, -0.05) is 29.3 Å². The van der Waals surface area contributed by atoms with Gasteiger partial charge in [-0.25, -0.2) is 0 Å². The first kappa shape index (κ1) is 21.4. The van der Waals surface area contributed by atoms with Gasteiger partial charge in [0.15, 0.2) is 11.5 Å². The van der Waals surface area contributed by atoms with Crippen LogP contribution in [0.1, 0.15) is 12.5 Å². The normalized spacial score (nSPS) is 12.0. The summed E-state index contributed by atoms with van der Waals surface area (Å²) in [6.45, 7) is 2.55. The van der Waals surface area contributed by atoms with E-state index >= 15 is 0 Å². The summed E-state index contributed by atoms with van der Waals surface area (Å²) < 4.78 is 10.6. The Morgan fingerprint density at radius 3 is 2.48 bits per heavy atom. The highest BCUT2D eigenvalue weighted by atomic mass is 35.5. The topological polar surface area (TPSA) is 50.8 Å². The number of methoxy groups -OCH3 is 2. The van der Waals surface area contributed by atoms with Gasteiger partial charge in [0.05, 0.1) is 31.0 Å². The molecule has 7 heteroatoms. The minimum atomic E-state index is -0.333. The molecule has 0 bridgehead atoms. The number of halogens is 2. The zero-order chi connectivity index (χ0) is 20.0. The number of carbonyl (C=O) groups is 1. The van der Waals surface area contributed by atoms with E-state index < -0.39 is 0 Å². The van der Waals surface area contributed by atoms with Gasteiger partial charge < -0.3 is 14.8 Å². The number of carbonyl (C=O) groups excluding carboxylic acids is 1. The molecule has 0 aliphatic heterocycles. The zero-order valence-corrected chi connectivity index (χ0v) is 17.4. The highest BCUT2D eigenvalue weighted by Crippen LogP contribution is 2.28. The molecule has 0 unspecified atom stereocenters. The molecule has 0 aliphatic carbocycles. The van der Waals surface area contributed by atoms with Crippen molar-refractivity contribution in [2.75, 3.05) is 33.1 Å². The number of nitrogens with zero attached hydrogens (tertiary/aromatic N) is 1. The van der Waals surface area contributed by atoms with E-state index in [1.54, 1.807) is 32.4 Å². The fourth-order valence-corrected chi connectivity index (χ4v) is 2.90. The molecular weight excluding hydrogens is 387 g/mol. The lowest BCUT2D eigenvalue weighted by atomic mass is 10.1. The summed E-state index contributed by atoms with van der Waals surface area (Å²) in [6.07, 6.45) is 0.770. The Labute approximate surface area is 170 Å². The number of rotatable bonds is 8. The van der Waals surface area contributed by atoms with Crippen LogP contribution < -0.4 is 14.8 Å². The van der Waals surface area contributed by atoms with E-state index in [0.717, 1.165) is 12.0 Å². The van der Waals surface area contributed by atoms with Crippen LogP contribution in [0, 0.1) is 0 Å². The molecule has 0 fully saturated rings. The molecule has 0 spiro atoms. The van der Waals surface area contributed by atoms with Crippen LogP contribution in [0.25, 0.3) is 0 Å². The van der Waals surface area contributed by atoms with E-state index in [-0.39, 0.29) is 11.9 Å². The number of benzene rings is 2. The molecule has 0 aliphatic rings. The van der Waals surface area contributed by atoms with Gasteiger partial charge in [-0.2, -0.15) is 0 Å². The monoisotopic (exact) mass is 410 g/mol. The summed E-state index contributed by atoms with van der Waals surface area (Å²) in [5, 5.41) is 3.80. The lowest BCUT2D eigenvalue weighted by molar-refractivity contribution is -0.120. The zero-order valence-electron chi connectivity index (χ0n) is 15.9.